The van der Waals surface area contributed by atoms with Gasteiger partial charge in [0.15, 0.2) is 0 Å². The highest BCUT2D eigenvalue weighted by molar-refractivity contribution is 5.25. The molecule has 0 aliphatic heterocycles. The molecule has 0 aromatic heterocycles. The molecule has 0 heterocycles. The molecule has 3 nitrogen and oxygen atoms in total. The molecular formula is C13H18F3NO2. The minimum atomic E-state index is -4.30. The van der Waals surface area contributed by atoms with Crippen LogP contribution in [-0.4, -0.2) is 33.0 Å². The summed E-state index contributed by atoms with van der Waals surface area (Å²) in [6, 6.07) is 4.77. The van der Waals surface area contributed by atoms with E-state index >= 15 is 0 Å². The van der Waals surface area contributed by atoms with Crippen molar-refractivity contribution in [2.24, 2.45) is 5.73 Å². The molecule has 0 saturated heterocycles. The molecule has 1 unspecified atom stereocenters. The SMILES string of the molecule is COCCOCC(N)Cc1ccc(C(F)(F)F)cc1. The number of rotatable bonds is 7. The third kappa shape index (κ3) is 6.04. The fraction of sp³-hybridized carbons (Fsp3) is 0.538. The summed E-state index contributed by atoms with van der Waals surface area (Å²) in [4.78, 5) is 0. The summed E-state index contributed by atoms with van der Waals surface area (Å²) >= 11 is 0. The van der Waals surface area contributed by atoms with Crippen molar-refractivity contribution in [3.05, 3.63) is 35.4 Å². The Balaban J connectivity index is 2.40. The van der Waals surface area contributed by atoms with Crippen LogP contribution in [-0.2, 0) is 22.1 Å². The van der Waals surface area contributed by atoms with Crippen molar-refractivity contribution in [3.8, 4) is 0 Å². The molecule has 0 aliphatic rings. The Bertz CT molecular complexity index is 365. The molecule has 0 bridgehead atoms. The predicted octanol–water partition coefficient (Wildman–Crippen LogP) is 2.24. The molecule has 0 aliphatic carbocycles. The van der Waals surface area contributed by atoms with Gasteiger partial charge in [-0.05, 0) is 24.1 Å². The van der Waals surface area contributed by atoms with Gasteiger partial charge in [0.05, 0.1) is 25.4 Å². The van der Waals surface area contributed by atoms with Crippen LogP contribution in [0.5, 0.6) is 0 Å². The summed E-state index contributed by atoms with van der Waals surface area (Å²) in [5, 5.41) is 0. The van der Waals surface area contributed by atoms with Crippen LogP contribution in [0.1, 0.15) is 11.1 Å². The van der Waals surface area contributed by atoms with Gasteiger partial charge in [0.1, 0.15) is 0 Å². The maximum atomic E-state index is 12.4. The van der Waals surface area contributed by atoms with Crippen molar-refractivity contribution in [2.45, 2.75) is 18.6 Å². The van der Waals surface area contributed by atoms with Crippen LogP contribution < -0.4 is 5.73 Å². The molecular weight excluding hydrogens is 259 g/mol. The second-order valence-corrected chi connectivity index (χ2v) is 4.23. The third-order valence-corrected chi connectivity index (χ3v) is 2.54. The van der Waals surface area contributed by atoms with Crippen molar-refractivity contribution in [3.63, 3.8) is 0 Å². The first-order valence-electron chi connectivity index (χ1n) is 5.92. The summed E-state index contributed by atoms with van der Waals surface area (Å²) in [5.41, 5.74) is 5.93. The molecule has 6 heteroatoms. The standard InChI is InChI=1S/C13H18F3NO2/c1-18-6-7-19-9-12(17)8-10-2-4-11(5-3-10)13(14,15)16/h2-5,12H,6-9,17H2,1H3. The Morgan fingerprint density at radius 2 is 1.79 bits per heavy atom. The lowest BCUT2D eigenvalue weighted by molar-refractivity contribution is -0.137. The van der Waals surface area contributed by atoms with Crippen LogP contribution in [0.2, 0.25) is 0 Å². The number of alkyl halides is 3. The van der Waals surface area contributed by atoms with Gasteiger partial charge in [-0.15, -0.1) is 0 Å². The van der Waals surface area contributed by atoms with Gasteiger partial charge in [-0.1, -0.05) is 12.1 Å². The molecule has 0 fully saturated rings. The topological polar surface area (TPSA) is 44.5 Å². The van der Waals surface area contributed by atoms with E-state index in [1.54, 1.807) is 7.11 Å². The van der Waals surface area contributed by atoms with Crippen molar-refractivity contribution < 1.29 is 22.6 Å². The van der Waals surface area contributed by atoms with E-state index in [0.717, 1.165) is 17.7 Å². The molecule has 0 amide bonds. The largest absolute Gasteiger partial charge is 0.416 e. The van der Waals surface area contributed by atoms with Crippen LogP contribution in [0.4, 0.5) is 13.2 Å². The number of halogens is 3. The van der Waals surface area contributed by atoms with E-state index in [2.05, 4.69) is 0 Å². The summed E-state index contributed by atoms with van der Waals surface area (Å²) < 4.78 is 47.2. The summed E-state index contributed by atoms with van der Waals surface area (Å²) in [5.74, 6) is 0. The Labute approximate surface area is 110 Å². The van der Waals surface area contributed by atoms with Crippen LogP contribution in [0.25, 0.3) is 0 Å². The van der Waals surface area contributed by atoms with Crippen molar-refractivity contribution in [1.29, 1.82) is 0 Å². The maximum Gasteiger partial charge on any atom is 0.416 e. The molecule has 0 radical (unpaired) electrons. The number of nitrogens with two attached hydrogens (primary N) is 1. The normalized spacial score (nSPS) is 13.5. The fourth-order valence-electron chi connectivity index (χ4n) is 1.57. The first-order valence-corrected chi connectivity index (χ1v) is 5.92. The van der Waals surface area contributed by atoms with Crippen molar-refractivity contribution in [2.75, 3.05) is 26.9 Å². The van der Waals surface area contributed by atoms with Crippen LogP contribution in [0.3, 0.4) is 0 Å². The van der Waals surface area contributed by atoms with Crippen LogP contribution in [0.15, 0.2) is 24.3 Å². The smallest absolute Gasteiger partial charge is 0.382 e. The highest BCUT2D eigenvalue weighted by Gasteiger charge is 2.29. The average molecular weight is 277 g/mol. The molecule has 1 aromatic carbocycles. The van der Waals surface area contributed by atoms with Gasteiger partial charge in [-0.3, -0.25) is 0 Å². The summed E-state index contributed by atoms with van der Waals surface area (Å²) in [7, 11) is 1.57. The number of ether oxygens (including phenoxy) is 2. The Kier molecular flexibility index (Phi) is 6.27. The maximum absolute atomic E-state index is 12.4. The number of hydrogen-bond donors (Lipinski definition) is 1. The summed E-state index contributed by atoms with van der Waals surface area (Å²) in [6.45, 7) is 1.30. The molecule has 1 aromatic rings. The minimum Gasteiger partial charge on any atom is -0.382 e. The van der Waals surface area contributed by atoms with Crippen molar-refractivity contribution >= 4 is 0 Å². The quantitative estimate of drug-likeness (QED) is 0.777. The zero-order chi connectivity index (χ0) is 14.3. The van der Waals surface area contributed by atoms with Gasteiger partial charge in [0, 0.05) is 13.2 Å². The second kappa shape index (κ2) is 7.47. The number of benzene rings is 1. The zero-order valence-corrected chi connectivity index (χ0v) is 10.7. The molecule has 2 N–H and O–H groups in total. The third-order valence-electron chi connectivity index (χ3n) is 2.54. The highest BCUT2D eigenvalue weighted by Crippen LogP contribution is 2.29. The van der Waals surface area contributed by atoms with Gasteiger partial charge in [0.2, 0.25) is 0 Å². The second-order valence-electron chi connectivity index (χ2n) is 4.23. The minimum absolute atomic E-state index is 0.242. The molecule has 0 spiro atoms. The van der Waals surface area contributed by atoms with E-state index in [-0.39, 0.29) is 6.04 Å². The Hall–Kier alpha value is -1.11. The molecule has 19 heavy (non-hydrogen) atoms. The molecule has 1 atom stereocenters. The fourth-order valence-corrected chi connectivity index (χ4v) is 1.57. The zero-order valence-electron chi connectivity index (χ0n) is 10.7. The Morgan fingerprint density at radius 3 is 2.32 bits per heavy atom. The van der Waals surface area contributed by atoms with E-state index in [1.165, 1.54) is 12.1 Å². The lowest BCUT2D eigenvalue weighted by Gasteiger charge is -2.13. The van der Waals surface area contributed by atoms with Gasteiger partial charge in [0.25, 0.3) is 0 Å². The van der Waals surface area contributed by atoms with Crippen LogP contribution >= 0.6 is 0 Å². The van der Waals surface area contributed by atoms with Gasteiger partial charge in [-0.25, -0.2) is 0 Å². The van der Waals surface area contributed by atoms with E-state index in [0.29, 0.717) is 26.2 Å². The van der Waals surface area contributed by atoms with E-state index < -0.39 is 11.7 Å². The van der Waals surface area contributed by atoms with E-state index in [9.17, 15) is 13.2 Å². The van der Waals surface area contributed by atoms with Crippen molar-refractivity contribution in [1.82, 2.24) is 0 Å². The lowest BCUT2D eigenvalue weighted by Crippen LogP contribution is -2.29. The number of hydrogen-bond acceptors (Lipinski definition) is 3. The first kappa shape index (κ1) is 15.9. The Morgan fingerprint density at radius 1 is 1.16 bits per heavy atom. The monoisotopic (exact) mass is 277 g/mol. The molecule has 1 rings (SSSR count). The number of methoxy groups -OCH3 is 1. The van der Waals surface area contributed by atoms with Gasteiger partial charge in [-0.2, -0.15) is 13.2 Å². The molecule has 108 valence electrons. The lowest BCUT2D eigenvalue weighted by atomic mass is 10.0. The van der Waals surface area contributed by atoms with E-state index in [4.69, 9.17) is 15.2 Å². The first-order chi connectivity index (χ1) is 8.93. The molecule has 0 saturated carbocycles. The predicted molar refractivity (Wildman–Crippen MR) is 65.8 cm³/mol. The summed E-state index contributed by atoms with van der Waals surface area (Å²) in [6.07, 6.45) is -3.82. The van der Waals surface area contributed by atoms with Gasteiger partial charge < -0.3 is 15.2 Å². The average Bonchev–Trinajstić information content (AvgIpc) is 2.34. The van der Waals surface area contributed by atoms with E-state index in [1.807, 2.05) is 0 Å². The highest BCUT2D eigenvalue weighted by atomic mass is 19.4. The van der Waals surface area contributed by atoms with Gasteiger partial charge >= 0.3 is 6.18 Å². The van der Waals surface area contributed by atoms with Crippen LogP contribution in [0, 0.1) is 0 Å².